The normalized spacial score (nSPS) is 20.6. The molecule has 0 saturated carbocycles. The Balaban J connectivity index is 2.18. The van der Waals surface area contributed by atoms with Crippen LogP contribution in [-0.2, 0) is 16.4 Å². The van der Waals surface area contributed by atoms with Gasteiger partial charge in [-0.25, -0.2) is 8.42 Å². The van der Waals surface area contributed by atoms with E-state index >= 15 is 0 Å². The van der Waals surface area contributed by atoms with Crippen molar-refractivity contribution in [2.24, 2.45) is 5.73 Å². The molecule has 0 aromatic carbocycles. The highest BCUT2D eigenvalue weighted by Crippen LogP contribution is 2.30. The molecule has 2 rings (SSSR count). The fourth-order valence-corrected chi connectivity index (χ4v) is 4.65. The van der Waals surface area contributed by atoms with Crippen LogP contribution in [0, 0.1) is 6.92 Å². The molecular weight excluding hydrogens is 286 g/mol. The largest absolute Gasteiger partial charge is 0.329 e. The molecule has 0 unspecified atom stereocenters. The van der Waals surface area contributed by atoms with Crippen LogP contribution in [0.3, 0.4) is 0 Å². The van der Waals surface area contributed by atoms with Gasteiger partial charge in [-0.15, -0.1) is 0 Å². The Morgan fingerprint density at radius 1 is 1.33 bits per heavy atom. The second kappa shape index (κ2) is 6.42. The lowest BCUT2D eigenvalue weighted by Crippen LogP contribution is -2.57. The number of nitrogens with zero attached hydrogens (tertiary/aromatic N) is 2. The van der Waals surface area contributed by atoms with E-state index < -0.39 is 9.84 Å². The fourth-order valence-electron chi connectivity index (χ4n) is 3.07. The lowest BCUT2D eigenvalue weighted by molar-refractivity contribution is 0.0794. The average molecular weight is 311 g/mol. The molecular formula is C15H25N3O2S. The summed E-state index contributed by atoms with van der Waals surface area (Å²) in [5, 5.41) is 0. The van der Waals surface area contributed by atoms with Crippen molar-refractivity contribution in [3.05, 3.63) is 29.6 Å². The zero-order chi connectivity index (χ0) is 15.5. The minimum absolute atomic E-state index is 0.217. The van der Waals surface area contributed by atoms with Crippen LogP contribution in [0.1, 0.15) is 31.2 Å². The number of hydrogen-bond acceptors (Lipinski definition) is 5. The van der Waals surface area contributed by atoms with Crippen LogP contribution >= 0.6 is 0 Å². The Kier molecular flexibility index (Phi) is 5.01. The lowest BCUT2D eigenvalue weighted by Gasteiger charge is -2.45. The molecule has 0 spiro atoms. The van der Waals surface area contributed by atoms with E-state index in [1.165, 1.54) is 0 Å². The van der Waals surface area contributed by atoms with Crippen molar-refractivity contribution in [2.75, 3.05) is 24.6 Å². The standard InChI is InChI=1S/C15H25N3O2S/c1-3-18(11-14-6-4-5-13(2)17-14)15(12-16)7-9-21(19,20)10-8-15/h4-6H,3,7-12,16H2,1-2H3. The molecule has 1 aliphatic heterocycles. The van der Waals surface area contributed by atoms with Crippen molar-refractivity contribution in [3.63, 3.8) is 0 Å². The summed E-state index contributed by atoms with van der Waals surface area (Å²) >= 11 is 0. The van der Waals surface area contributed by atoms with E-state index in [0.29, 0.717) is 19.4 Å². The number of aromatic nitrogens is 1. The molecule has 0 atom stereocenters. The first kappa shape index (κ1) is 16.4. The molecule has 1 fully saturated rings. The molecule has 0 aliphatic carbocycles. The molecule has 1 aliphatic rings. The average Bonchev–Trinajstić information content (AvgIpc) is 2.46. The summed E-state index contributed by atoms with van der Waals surface area (Å²) in [7, 11) is -2.88. The molecule has 21 heavy (non-hydrogen) atoms. The van der Waals surface area contributed by atoms with Crippen LogP contribution in [0.25, 0.3) is 0 Å². The van der Waals surface area contributed by atoms with Gasteiger partial charge in [0.2, 0.25) is 0 Å². The minimum atomic E-state index is -2.88. The fraction of sp³-hybridized carbons (Fsp3) is 0.667. The Morgan fingerprint density at radius 3 is 2.52 bits per heavy atom. The van der Waals surface area contributed by atoms with E-state index in [4.69, 9.17) is 5.73 Å². The van der Waals surface area contributed by atoms with Gasteiger partial charge in [0.05, 0.1) is 17.2 Å². The smallest absolute Gasteiger partial charge is 0.150 e. The summed E-state index contributed by atoms with van der Waals surface area (Å²) in [5.41, 5.74) is 7.82. The third-order valence-corrected chi connectivity index (χ3v) is 6.14. The first-order valence-corrected chi connectivity index (χ1v) is 9.31. The van der Waals surface area contributed by atoms with Gasteiger partial charge >= 0.3 is 0 Å². The summed E-state index contributed by atoms with van der Waals surface area (Å²) in [4.78, 5) is 6.84. The van der Waals surface area contributed by atoms with Crippen molar-refractivity contribution < 1.29 is 8.42 Å². The highest BCUT2D eigenvalue weighted by atomic mass is 32.2. The van der Waals surface area contributed by atoms with Gasteiger partial charge in [0.1, 0.15) is 9.84 Å². The Hall–Kier alpha value is -0.980. The summed E-state index contributed by atoms with van der Waals surface area (Å²) in [6, 6.07) is 6.00. The van der Waals surface area contributed by atoms with E-state index in [1.54, 1.807) is 0 Å². The van der Waals surface area contributed by atoms with Crippen molar-refractivity contribution in [2.45, 2.75) is 38.8 Å². The van der Waals surface area contributed by atoms with Gasteiger partial charge in [0.25, 0.3) is 0 Å². The van der Waals surface area contributed by atoms with E-state index in [-0.39, 0.29) is 17.0 Å². The third kappa shape index (κ3) is 3.81. The first-order chi connectivity index (χ1) is 9.91. The predicted molar refractivity (Wildman–Crippen MR) is 84.7 cm³/mol. The van der Waals surface area contributed by atoms with Gasteiger partial charge in [0, 0.05) is 24.3 Å². The van der Waals surface area contributed by atoms with Crippen LogP contribution < -0.4 is 5.73 Å². The van der Waals surface area contributed by atoms with Crippen LogP contribution in [0.5, 0.6) is 0 Å². The van der Waals surface area contributed by atoms with Crippen LogP contribution in [0.2, 0.25) is 0 Å². The second-order valence-electron chi connectivity index (χ2n) is 5.86. The minimum Gasteiger partial charge on any atom is -0.329 e. The van der Waals surface area contributed by atoms with Gasteiger partial charge in [-0.05, 0) is 38.4 Å². The van der Waals surface area contributed by atoms with E-state index in [0.717, 1.165) is 24.5 Å². The number of likely N-dealkylation sites (N-methyl/N-ethyl adjacent to an activating group) is 1. The molecule has 118 valence electrons. The van der Waals surface area contributed by atoms with E-state index in [1.807, 2.05) is 25.1 Å². The molecule has 2 N–H and O–H groups in total. The summed E-state index contributed by atoms with van der Waals surface area (Å²) in [6.07, 6.45) is 1.23. The number of nitrogens with two attached hydrogens (primary N) is 1. The zero-order valence-corrected chi connectivity index (χ0v) is 13.7. The Bertz CT molecular complexity index is 572. The molecule has 1 aromatic rings. The third-order valence-electron chi connectivity index (χ3n) is 4.49. The number of pyridine rings is 1. The quantitative estimate of drug-likeness (QED) is 0.882. The van der Waals surface area contributed by atoms with Crippen LogP contribution in [0.15, 0.2) is 18.2 Å². The number of aryl methyl sites for hydroxylation is 1. The maximum Gasteiger partial charge on any atom is 0.150 e. The van der Waals surface area contributed by atoms with Gasteiger partial charge in [-0.1, -0.05) is 13.0 Å². The molecule has 6 heteroatoms. The molecule has 2 heterocycles. The predicted octanol–water partition coefficient (Wildman–Crippen LogP) is 1.12. The van der Waals surface area contributed by atoms with Gasteiger partial charge < -0.3 is 5.73 Å². The number of hydrogen-bond donors (Lipinski definition) is 1. The SMILES string of the molecule is CCN(Cc1cccc(C)n1)C1(CN)CCS(=O)(=O)CC1. The van der Waals surface area contributed by atoms with Crippen molar-refractivity contribution in [1.29, 1.82) is 0 Å². The maximum absolute atomic E-state index is 11.7. The van der Waals surface area contributed by atoms with Gasteiger partial charge in [0.15, 0.2) is 0 Å². The number of rotatable bonds is 5. The lowest BCUT2D eigenvalue weighted by atomic mass is 9.89. The molecule has 1 saturated heterocycles. The molecule has 0 radical (unpaired) electrons. The first-order valence-electron chi connectivity index (χ1n) is 7.49. The molecule has 0 amide bonds. The van der Waals surface area contributed by atoms with Crippen LogP contribution in [0.4, 0.5) is 0 Å². The molecule has 0 bridgehead atoms. The van der Waals surface area contributed by atoms with Crippen molar-refractivity contribution in [3.8, 4) is 0 Å². The Labute approximate surface area is 127 Å². The van der Waals surface area contributed by atoms with Crippen LogP contribution in [-0.4, -0.2) is 48.4 Å². The number of sulfone groups is 1. The van der Waals surface area contributed by atoms with Crippen molar-refractivity contribution in [1.82, 2.24) is 9.88 Å². The summed E-state index contributed by atoms with van der Waals surface area (Å²) < 4.78 is 23.4. The molecule has 5 nitrogen and oxygen atoms in total. The molecule has 1 aromatic heterocycles. The van der Waals surface area contributed by atoms with E-state index in [9.17, 15) is 8.42 Å². The zero-order valence-electron chi connectivity index (χ0n) is 12.9. The highest BCUT2D eigenvalue weighted by Gasteiger charge is 2.40. The Morgan fingerprint density at radius 2 is 2.00 bits per heavy atom. The van der Waals surface area contributed by atoms with Gasteiger partial charge in [-0.2, -0.15) is 0 Å². The summed E-state index contributed by atoms with van der Waals surface area (Å²) in [6.45, 7) is 6.12. The van der Waals surface area contributed by atoms with E-state index in [2.05, 4.69) is 16.8 Å². The maximum atomic E-state index is 11.7. The van der Waals surface area contributed by atoms with Gasteiger partial charge in [-0.3, -0.25) is 9.88 Å². The second-order valence-corrected chi connectivity index (χ2v) is 8.17. The van der Waals surface area contributed by atoms with Crippen molar-refractivity contribution >= 4 is 9.84 Å². The summed E-state index contributed by atoms with van der Waals surface area (Å²) in [5.74, 6) is 0.476. The monoisotopic (exact) mass is 311 g/mol. The topological polar surface area (TPSA) is 76.3 Å². The highest BCUT2D eigenvalue weighted by molar-refractivity contribution is 7.91.